The predicted molar refractivity (Wildman–Crippen MR) is 89.9 cm³/mol. The zero-order valence-corrected chi connectivity index (χ0v) is 12.8. The third-order valence-corrected chi connectivity index (χ3v) is 4.25. The van der Waals surface area contributed by atoms with Gasteiger partial charge < -0.3 is 10.6 Å². The molecule has 116 valence electrons. The van der Waals surface area contributed by atoms with Crippen LogP contribution in [0.2, 0.25) is 0 Å². The molecule has 2 aromatic rings. The van der Waals surface area contributed by atoms with Crippen molar-refractivity contribution >= 4 is 41.0 Å². The Hall–Kier alpha value is -2.60. The van der Waals surface area contributed by atoms with Gasteiger partial charge in [0.15, 0.2) is 0 Å². The summed E-state index contributed by atoms with van der Waals surface area (Å²) in [6.45, 7) is 0. The number of hydrogen-bond acceptors (Lipinski definition) is 3. The number of hydrogen-bond donors (Lipinski definition) is 2. The molecule has 4 nitrogen and oxygen atoms in total. The molecular formula is C17H13FN2O2S. The molecule has 0 atom stereocenters. The maximum Gasteiger partial charge on any atom is 0.248 e. The van der Waals surface area contributed by atoms with Crippen LogP contribution in [0.5, 0.6) is 0 Å². The number of nitrogens with one attached hydrogen (secondary N) is 2. The monoisotopic (exact) mass is 328 g/mol. The molecule has 0 aliphatic carbocycles. The van der Waals surface area contributed by atoms with Crippen molar-refractivity contribution in [3.8, 4) is 0 Å². The summed E-state index contributed by atoms with van der Waals surface area (Å²) >= 11 is 1.46. The fourth-order valence-corrected chi connectivity index (χ4v) is 2.88. The molecule has 23 heavy (non-hydrogen) atoms. The summed E-state index contributed by atoms with van der Waals surface area (Å²) in [5.41, 5.74) is 2.03. The first-order valence-electron chi connectivity index (χ1n) is 6.91. The van der Waals surface area contributed by atoms with Gasteiger partial charge in [0.2, 0.25) is 11.8 Å². The summed E-state index contributed by atoms with van der Waals surface area (Å²) in [4.78, 5) is 24.3. The highest BCUT2D eigenvalue weighted by molar-refractivity contribution is 8.00. The minimum absolute atomic E-state index is 0.0535. The maximum absolute atomic E-state index is 12.8. The second-order valence-electron chi connectivity index (χ2n) is 4.92. The SMILES string of the molecule is O=C(/C=C/c1ccc(F)cc1)Nc1ccc2c(c1)NC(=O)CS2. The molecule has 0 spiro atoms. The Morgan fingerprint density at radius 1 is 1.22 bits per heavy atom. The van der Waals surface area contributed by atoms with E-state index in [-0.39, 0.29) is 17.6 Å². The van der Waals surface area contributed by atoms with Crippen molar-refractivity contribution in [2.45, 2.75) is 4.90 Å². The number of amides is 2. The molecule has 0 radical (unpaired) electrons. The first-order chi connectivity index (χ1) is 11.1. The molecule has 0 fully saturated rings. The van der Waals surface area contributed by atoms with Crippen molar-refractivity contribution in [1.29, 1.82) is 0 Å². The van der Waals surface area contributed by atoms with E-state index in [1.165, 1.54) is 30.0 Å². The smallest absolute Gasteiger partial charge is 0.248 e. The van der Waals surface area contributed by atoms with Gasteiger partial charge in [-0.2, -0.15) is 0 Å². The maximum atomic E-state index is 12.8. The van der Waals surface area contributed by atoms with Crippen LogP contribution >= 0.6 is 11.8 Å². The van der Waals surface area contributed by atoms with Crippen LogP contribution in [0.15, 0.2) is 53.4 Å². The second-order valence-corrected chi connectivity index (χ2v) is 5.94. The van der Waals surface area contributed by atoms with E-state index < -0.39 is 0 Å². The Kier molecular flexibility index (Phi) is 4.43. The van der Waals surface area contributed by atoms with Gasteiger partial charge in [-0.15, -0.1) is 11.8 Å². The first kappa shape index (κ1) is 15.3. The number of thioether (sulfide) groups is 1. The number of carbonyl (C=O) groups is 2. The molecule has 2 amide bonds. The van der Waals surface area contributed by atoms with Crippen LogP contribution < -0.4 is 10.6 Å². The summed E-state index contributed by atoms with van der Waals surface area (Å²) in [6, 6.07) is 11.2. The Bertz CT molecular complexity index is 788. The molecular weight excluding hydrogens is 315 g/mol. The van der Waals surface area contributed by atoms with Crippen molar-refractivity contribution < 1.29 is 14.0 Å². The summed E-state index contributed by atoms with van der Waals surface area (Å²) in [5.74, 6) is -0.272. The average molecular weight is 328 g/mol. The highest BCUT2D eigenvalue weighted by atomic mass is 32.2. The number of carbonyl (C=O) groups excluding carboxylic acids is 2. The van der Waals surface area contributed by atoms with Gasteiger partial charge in [-0.25, -0.2) is 4.39 Å². The molecule has 1 heterocycles. The van der Waals surface area contributed by atoms with Crippen molar-refractivity contribution in [2.75, 3.05) is 16.4 Å². The van der Waals surface area contributed by atoms with E-state index in [0.29, 0.717) is 17.1 Å². The Morgan fingerprint density at radius 2 is 2.00 bits per heavy atom. The Labute approximate surface area is 136 Å². The zero-order chi connectivity index (χ0) is 16.2. The highest BCUT2D eigenvalue weighted by Gasteiger charge is 2.15. The molecule has 0 saturated heterocycles. The average Bonchev–Trinajstić information content (AvgIpc) is 2.54. The lowest BCUT2D eigenvalue weighted by Gasteiger charge is -2.17. The number of halogens is 1. The molecule has 0 bridgehead atoms. The minimum Gasteiger partial charge on any atom is -0.324 e. The Morgan fingerprint density at radius 3 is 2.78 bits per heavy atom. The van der Waals surface area contributed by atoms with Crippen LogP contribution in [0, 0.1) is 5.82 Å². The lowest BCUT2D eigenvalue weighted by atomic mass is 10.2. The second kappa shape index (κ2) is 6.66. The van der Waals surface area contributed by atoms with E-state index in [4.69, 9.17) is 0 Å². The van der Waals surface area contributed by atoms with Gasteiger partial charge in [0.1, 0.15) is 5.82 Å². The molecule has 0 aromatic heterocycles. The van der Waals surface area contributed by atoms with Gasteiger partial charge in [-0.3, -0.25) is 9.59 Å². The van der Waals surface area contributed by atoms with Crippen LogP contribution in [0.1, 0.15) is 5.56 Å². The molecule has 1 aliphatic rings. The summed E-state index contributed by atoms with van der Waals surface area (Å²) < 4.78 is 12.8. The molecule has 3 rings (SSSR count). The largest absolute Gasteiger partial charge is 0.324 e. The van der Waals surface area contributed by atoms with Crippen LogP contribution in [0.25, 0.3) is 6.08 Å². The fraction of sp³-hybridized carbons (Fsp3) is 0.0588. The summed E-state index contributed by atoms with van der Waals surface area (Å²) in [6.07, 6.45) is 2.98. The van der Waals surface area contributed by atoms with Gasteiger partial charge in [-0.1, -0.05) is 12.1 Å². The fourth-order valence-electron chi connectivity index (χ4n) is 2.09. The van der Waals surface area contributed by atoms with Crippen LogP contribution in [-0.2, 0) is 9.59 Å². The third kappa shape index (κ3) is 3.98. The lowest BCUT2D eigenvalue weighted by Crippen LogP contribution is -2.19. The van der Waals surface area contributed by atoms with Gasteiger partial charge >= 0.3 is 0 Å². The van der Waals surface area contributed by atoms with E-state index >= 15 is 0 Å². The third-order valence-electron chi connectivity index (χ3n) is 3.18. The van der Waals surface area contributed by atoms with E-state index in [9.17, 15) is 14.0 Å². The molecule has 0 saturated carbocycles. The summed E-state index contributed by atoms with van der Waals surface area (Å²) in [5, 5.41) is 5.50. The van der Waals surface area contributed by atoms with Crippen LogP contribution in [0.3, 0.4) is 0 Å². The van der Waals surface area contributed by atoms with E-state index in [1.807, 2.05) is 6.07 Å². The molecule has 1 aliphatic heterocycles. The molecule has 2 N–H and O–H groups in total. The van der Waals surface area contributed by atoms with Gasteiger partial charge in [-0.05, 0) is 42.0 Å². The number of anilines is 2. The first-order valence-corrected chi connectivity index (χ1v) is 7.90. The van der Waals surface area contributed by atoms with Crippen LogP contribution in [0.4, 0.5) is 15.8 Å². The number of rotatable bonds is 3. The summed E-state index contributed by atoms with van der Waals surface area (Å²) in [7, 11) is 0. The van der Waals surface area contributed by atoms with Crippen molar-refractivity contribution in [1.82, 2.24) is 0 Å². The van der Waals surface area contributed by atoms with E-state index in [2.05, 4.69) is 10.6 Å². The van der Waals surface area contributed by atoms with Crippen molar-refractivity contribution in [3.63, 3.8) is 0 Å². The lowest BCUT2D eigenvalue weighted by molar-refractivity contribution is -0.114. The quantitative estimate of drug-likeness (QED) is 0.848. The van der Waals surface area contributed by atoms with E-state index in [1.54, 1.807) is 30.3 Å². The predicted octanol–water partition coefficient (Wildman–Crippen LogP) is 3.52. The van der Waals surface area contributed by atoms with Gasteiger partial charge in [0, 0.05) is 16.7 Å². The standard InChI is InChI=1S/C17H13FN2O2S/c18-12-4-1-11(2-5-12)3-8-16(21)19-13-6-7-15-14(9-13)20-17(22)10-23-15/h1-9H,10H2,(H,19,21)(H,20,22)/b8-3+. The van der Waals surface area contributed by atoms with E-state index in [0.717, 1.165) is 10.5 Å². The van der Waals surface area contributed by atoms with Crippen molar-refractivity contribution in [2.24, 2.45) is 0 Å². The topological polar surface area (TPSA) is 58.2 Å². The zero-order valence-electron chi connectivity index (χ0n) is 12.0. The number of fused-ring (bicyclic) bond motifs is 1. The molecule has 6 heteroatoms. The number of benzene rings is 2. The van der Waals surface area contributed by atoms with Crippen LogP contribution in [-0.4, -0.2) is 17.6 Å². The minimum atomic E-state index is -0.319. The normalized spacial score (nSPS) is 13.5. The van der Waals surface area contributed by atoms with Gasteiger partial charge in [0.05, 0.1) is 11.4 Å². The highest BCUT2D eigenvalue weighted by Crippen LogP contribution is 2.33. The molecule has 2 aromatic carbocycles. The van der Waals surface area contributed by atoms with Gasteiger partial charge in [0.25, 0.3) is 0 Å². The Balaban J connectivity index is 1.67. The molecule has 0 unspecified atom stereocenters. The van der Waals surface area contributed by atoms with Crippen molar-refractivity contribution in [3.05, 3.63) is 59.9 Å².